The number of benzene rings is 1. The molecule has 16 heavy (non-hydrogen) atoms. The van der Waals surface area contributed by atoms with Crippen molar-refractivity contribution in [3.63, 3.8) is 0 Å². The second-order valence-electron chi connectivity index (χ2n) is 3.36. The number of anilines is 3. The standard InChI is InChI=1S/C10H10Br2N4/c1-16-5-8(13)10(15-16)14-9-3-2-6(11)4-7(9)12/h2-5H,13H2,1H3,(H,14,15). The van der Waals surface area contributed by atoms with Gasteiger partial charge in [0.15, 0.2) is 5.82 Å². The normalized spacial score (nSPS) is 10.4. The van der Waals surface area contributed by atoms with Gasteiger partial charge in [0.05, 0.1) is 11.4 Å². The molecule has 4 nitrogen and oxygen atoms in total. The van der Waals surface area contributed by atoms with E-state index in [0.717, 1.165) is 14.6 Å². The summed E-state index contributed by atoms with van der Waals surface area (Å²) >= 11 is 6.87. The zero-order valence-corrected chi connectivity index (χ0v) is 11.7. The summed E-state index contributed by atoms with van der Waals surface area (Å²) in [5, 5.41) is 7.38. The summed E-state index contributed by atoms with van der Waals surface area (Å²) in [5.74, 6) is 0.658. The summed E-state index contributed by atoms with van der Waals surface area (Å²) in [6.45, 7) is 0. The Bertz CT molecular complexity index is 522. The van der Waals surface area contributed by atoms with E-state index >= 15 is 0 Å². The van der Waals surface area contributed by atoms with Gasteiger partial charge in [0.2, 0.25) is 0 Å². The molecule has 0 fully saturated rings. The first-order chi connectivity index (χ1) is 7.56. The summed E-state index contributed by atoms with van der Waals surface area (Å²) < 4.78 is 3.63. The highest BCUT2D eigenvalue weighted by Gasteiger charge is 2.06. The highest BCUT2D eigenvalue weighted by Crippen LogP contribution is 2.29. The van der Waals surface area contributed by atoms with Gasteiger partial charge < -0.3 is 11.1 Å². The van der Waals surface area contributed by atoms with E-state index in [1.54, 1.807) is 10.9 Å². The number of nitrogens with two attached hydrogens (primary N) is 1. The van der Waals surface area contributed by atoms with Gasteiger partial charge in [-0.25, -0.2) is 0 Å². The summed E-state index contributed by atoms with van der Waals surface area (Å²) in [6.07, 6.45) is 1.76. The Morgan fingerprint density at radius 1 is 1.38 bits per heavy atom. The summed E-state index contributed by atoms with van der Waals surface area (Å²) in [6, 6.07) is 5.86. The predicted molar refractivity (Wildman–Crippen MR) is 72.7 cm³/mol. The van der Waals surface area contributed by atoms with Crippen LogP contribution in [0.4, 0.5) is 17.2 Å². The van der Waals surface area contributed by atoms with Crippen LogP contribution in [0.5, 0.6) is 0 Å². The lowest BCUT2D eigenvalue weighted by atomic mass is 10.3. The number of hydrogen-bond acceptors (Lipinski definition) is 3. The number of nitrogens with one attached hydrogen (secondary N) is 1. The van der Waals surface area contributed by atoms with Crippen LogP contribution in [0.3, 0.4) is 0 Å². The molecule has 3 N–H and O–H groups in total. The SMILES string of the molecule is Cn1cc(N)c(Nc2ccc(Br)cc2Br)n1. The van der Waals surface area contributed by atoms with E-state index in [2.05, 4.69) is 42.3 Å². The number of halogens is 2. The molecule has 0 aliphatic carbocycles. The van der Waals surface area contributed by atoms with E-state index in [9.17, 15) is 0 Å². The van der Waals surface area contributed by atoms with Gasteiger partial charge in [-0.3, -0.25) is 4.68 Å². The number of hydrogen-bond donors (Lipinski definition) is 2. The first kappa shape index (κ1) is 11.5. The predicted octanol–water partition coefficient (Wildman–Crippen LogP) is 3.27. The summed E-state index contributed by atoms with van der Waals surface area (Å²) in [7, 11) is 1.83. The minimum Gasteiger partial charge on any atom is -0.394 e. The lowest BCUT2D eigenvalue weighted by Crippen LogP contribution is -1.96. The molecule has 0 radical (unpaired) electrons. The lowest BCUT2D eigenvalue weighted by molar-refractivity contribution is 0.771. The number of aryl methyl sites for hydroxylation is 1. The van der Waals surface area contributed by atoms with E-state index in [4.69, 9.17) is 5.73 Å². The molecule has 84 valence electrons. The monoisotopic (exact) mass is 344 g/mol. The molecule has 0 amide bonds. The molecule has 0 bridgehead atoms. The van der Waals surface area contributed by atoms with E-state index in [0.29, 0.717) is 11.5 Å². The molecule has 0 spiro atoms. The number of nitrogen functional groups attached to an aromatic ring is 1. The Balaban J connectivity index is 2.30. The van der Waals surface area contributed by atoms with Crippen LogP contribution < -0.4 is 11.1 Å². The lowest BCUT2D eigenvalue weighted by Gasteiger charge is -2.06. The van der Waals surface area contributed by atoms with Crippen LogP contribution in [-0.2, 0) is 7.05 Å². The van der Waals surface area contributed by atoms with Crippen molar-refractivity contribution < 1.29 is 0 Å². The topological polar surface area (TPSA) is 55.9 Å². The molecule has 0 saturated carbocycles. The van der Waals surface area contributed by atoms with Gasteiger partial charge in [-0.05, 0) is 34.1 Å². The number of nitrogens with zero attached hydrogens (tertiary/aromatic N) is 2. The van der Waals surface area contributed by atoms with E-state index < -0.39 is 0 Å². The van der Waals surface area contributed by atoms with Gasteiger partial charge in [-0.1, -0.05) is 15.9 Å². The van der Waals surface area contributed by atoms with Crippen molar-refractivity contribution in [1.29, 1.82) is 0 Å². The van der Waals surface area contributed by atoms with Gasteiger partial charge in [0.25, 0.3) is 0 Å². The fourth-order valence-corrected chi connectivity index (χ4v) is 2.47. The quantitative estimate of drug-likeness (QED) is 0.878. The third-order valence-electron chi connectivity index (χ3n) is 2.04. The molecule has 2 aromatic rings. The maximum atomic E-state index is 5.80. The van der Waals surface area contributed by atoms with Crippen LogP contribution in [-0.4, -0.2) is 9.78 Å². The second-order valence-corrected chi connectivity index (χ2v) is 5.13. The Kier molecular flexibility index (Phi) is 3.20. The fraction of sp³-hybridized carbons (Fsp3) is 0.100. The van der Waals surface area contributed by atoms with Crippen LogP contribution in [0.1, 0.15) is 0 Å². The van der Waals surface area contributed by atoms with Crippen LogP contribution in [0.15, 0.2) is 33.3 Å². The maximum absolute atomic E-state index is 5.80. The van der Waals surface area contributed by atoms with E-state index in [-0.39, 0.29) is 0 Å². The van der Waals surface area contributed by atoms with Crippen LogP contribution in [0, 0.1) is 0 Å². The van der Waals surface area contributed by atoms with E-state index in [1.165, 1.54) is 0 Å². The second kappa shape index (κ2) is 4.47. The minimum atomic E-state index is 0.623. The van der Waals surface area contributed by atoms with Crippen molar-refractivity contribution >= 4 is 49.1 Å². The fourth-order valence-electron chi connectivity index (χ4n) is 1.32. The summed E-state index contributed by atoms with van der Waals surface area (Å²) in [4.78, 5) is 0. The third kappa shape index (κ3) is 2.38. The molecule has 2 rings (SSSR count). The first-order valence-corrected chi connectivity index (χ1v) is 6.16. The van der Waals surface area contributed by atoms with Crippen LogP contribution in [0.25, 0.3) is 0 Å². The molecule has 1 aromatic carbocycles. The molecule has 0 aliphatic rings. The van der Waals surface area contributed by atoms with Crippen molar-refractivity contribution in [3.05, 3.63) is 33.3 Å². The van der Waals surface area contributed by atoms with Crippen molar-refractivity contribution in [2.75, 3.05) is 11.1 Å². The molecule has 0 aliphatic heterocycles. The maximum Gasteiger partial charge on any atom is 0.175 e. The molecule has 6 heteroatoms. The van der Waals surface area contributed by atoms with Crippen molar-refractivity contribution in [3.8, 4) is 0 Å². The Hall–Kier alpha value is -1.01. The average molecular weight is 346 g/mol. The van der Waals surface area contributed by atoms with Gasteiger partial charge in [0.1, 0.15) is 0 Å². The Morgan fingerprint density at radius 3 is 2.69 bits per heavy atom. The molecule has 1 heterocycles. The average Bonchev–Trinajstić information content (AvgIpc) is 2.50. The van der Waals surface area contributed by atoms with Gasteiger partial charge in [-0.2, -0.15) is 5.10 Å². The van der Waals surface area contributed by atoms with Crippen molar-refractivity contribution in [1.82, 2.24) is 9.78 Å². The summed E-state index contributed by atoms with van der Waals surface area (Å²) in [5.41, 5.74) is 7.35. The van der Waals surface area contributed by atoms with E-state index in [1.807, 2.05) is 25.2 Å². The number of rotatable bonds is 2. The van der Waals surface area contributed by atoms with Crippen LogP contribution >= 0.6 is 31.9 Å². The number of aromatic nitrogens is 2. The Labute approximate surface area is 110 Å². The molecule has 1 aromatic heterocycles. The molecular formula is C10H10Br2N4. The largest absolute Gasteiger partial charge is 0.394 e. The van der Waals surface area contributed by atoms with Gasteiger partial charge in [0, 0.05) is 22.2 Å². The Morgan fingerprint density at radius 2 is 2.12 bits per heavy atom. The first-order valence-electron chi connectivity index (χ1n) is 4.57. The highest BCUT2D eigenvalue weighted by atomic mass is 79.9. The zero-order chi connectivity index (χ0) is 11.7. The molecule has 0 unspecified atom stereocenters. The highest BCUT2D eigenvalue weighted by molar-refractivity contribution is 9.11. The van der Waals surface area contributed by atoms with Crippen molar-refractivity contribution in [2.24, 2.45) is 7.05 Å². The van der Waals surface area contributed by atoms with Gasteiger partial charge >= 0.3 is 0 Å². The van der Waals surface area contributed by atoms with Crippen molar-refractivity contribution in [2.45, 2.75) is 0 Å². The third-order valence-corrected chi connectivity index (χ3v) is 3.19. The van der Waals surface area contributed by atoms with Gasteiger partial charge in [-0.15, -0.1) is 0 Å². The molecule has 0 saturated heterocycles. The zero-order valence-electron chi connectivity index (χ0n) is 8.54. The minimum absolute atomic E-state index is 0.623. The molecule has 0 atom stereocenters. The van der Waals surface area contributed by atoms with Crippen LogP contribution in [0.2, 0.25) is 0 Å². The smallest absolute Gasteiger partial charge is 0.175 e. The molecular weight excluding hydrogens is 336 g/mol.